The second kappa shape index (κ2) is 7.65. The van der Waals surface area contributed by atoms with Gasteiger partial charge in [-0.2, -0.15) is 0 Å². The van der Waals surface area contributed by atoms with Crippen LogP contribution in [0.5, 0.6) is 0 Å². The molecule has 0 saturated heterocycles. The maximum Gasteiger partial charge on any atom is 0.225 e. The Bertz CT molecular complexity index is 799. The quantitative estimate of drug-likeness (QED) is 0.580. The first-order chi connectivity index (χ1) is 12.1. The van der Waals surface area contributed by atoms with E-state index in [0.717, 1.165) is 22.3 Å². The number of amides is 1. The summed E-state index contributed by atoms with van der Waals surface area (Å²) >= 11 is 1.69. The summed E-state index contributed by atoms with van der Waals surface area (Å²) in [6, 6.07) is 7.96. The second-order valence-electron chi connectivity index (χ2n) is 6.08. The summed E-state index contributed by atoms with van der Waals surface area (Å²) in [5.74, 6) is 0.925. The van der Waals surface area contributed by atoms with Gasteiger partial charge in [0.15, 0.2) is 5.96 Å². The van der Waals surface area contributed by atoms with Crippen LogP contribution in [-0.4, -0.2) is 30.4 Å². The van der Waals surface area contributed by atoms with Crippen molar-refractivity contribution >= 4 is 28.9 Å². The Morgan fingerprint density at radius 3 is 2.88 bits per heavy atom. The molecule has 1 aliphatic heterocycles. The summed E-state index contributed by atoms with van der Waals surface area (Å²) < 4.78 is 0. The van der Waals surface area contributed by atoms with Crippen LogP contribution in [0.1, 0.15) is 33.5 Å². The van der Waals surface area contributed by atoms with Crippen molar-refractivity contribution in [2.75, 3.05) is 18.9 Å². The van der Waals surface area contributed by atoms with Gasteiger partial charge in [0.25, 0.3) is 0 Å². The Labute approximate surface area is 151 Å². The number of nitrogens with zero attached hydrogens (tertiary/aromatic N) is 2. The summed E-state index contributed by atoms with van der Waals surface area (Å²) in [5, 5.41) is 10.7. The first-order valence-electron chi connectivity index (χ1n) is 8.33. The van der Waals surface area contributed by atoms with E-state index in [-0.39, 0.29) is 11.8 Å². The van der Waals surface area contributed by atoms with Gasteiger partial charge in [-0.05, 0) is 25.5 Å². The molecule has 6 nitrogen and oxygen atoms in total. The van der Waals surface area contributed by atoms with Crippen LogP contribution in [0.2, 0.25) is 0 Å². The molecule has 1 aliphatic rings. The van der Waals surface area contributed by atoms with E-state index in [0.29, 0.717) is 19.5 Å². The van der Waals surface area contributed by atoms with Crippen LogP contribution in [0.15, 0.2) is 29.3 Å². The van der Waals surface area contributed by atoms with Crippen molar-refractivity contribution in [2.24, 2.45) is 4.99 Å². The molecule has 25 heavy (non-hydrogen) atoms. The highest BCUT2D eigenvalue weighted by molar-refractivity contribution is 7.11. The van der Waals surface area contributed by atoms with Gasteiger partial charge < -0.3 is 16.0 Å². The van der Waals surface area contributed by atoms with Crippen molar-refractivity contribution in [1.29, 1.82) is 0 Å². The zero-order valence-electron chi connectivity index (χ0n) is 14.7. The minimum atomic E-state index is 0.0595. The number of rotatable bonds is 4. The molecule has 3 rings (SSSR count). The molecular weight excluding hydrogens is 334 g/mol. The Morgan fingerprint density at radius 1 is 1.36 bits per heavy atom. The minimum Gasteiger partial charge on any atom is -0.356 e. The summed E-state index contributed by atoms with van der Waals surface area (Å²) in [6.07, 6.45) is 0.480. The number of carbonyl (C=O) groups is 1. The summed E-state index contributed by atoms with van der Waals surface area (Å²) in [4.78, 5) is 21.8. The van der Waals surface area contributed by atoms with Crippen molar-refractivity contribution in [1.82, 2.24) is 15.6 Å². The van der Waals surface area contributed by atoms with Crippen molar-refractivity contribution in [2.45, 2.75) is 32.7 Å². The molecule has 0 saturated carbocycles. The molecule has 2 aromatic rings. The lowest BCUT2D eigenvalue weighted by Crippen LogP contribution is -2.40. The highest BCUT2D eigenvalue weighted by Crippen LogP contribution is 2.31. The molecule has 1 amide bonds. The molecule has 0 spiro atoms. The molecular formula is C18H23N5OS. The van der Waals surface area contributed by atoms with E-state index in [1.807, 2.05) is 32.0 Å². The standard InChI is InChI=1S/C18H23N5OS/c1-11-16(25-12(2)22-11)10-21-18(19-3)20-9-13-8-17(24)23-15-7-5-4-6-14(13)15/h4-7,13H,8-10H2,1-3H3,(H,23,24)(H2,19,20,21). The van der Waals surface area contributed by atoms with E-state index in [4.69, 9.17) is 0 Å². The smallest absolute Gasteiger partial charge is 0.225 e. The number of fused-ring (bicyclic) bond motifs is 1. The first-order valence-corrected chi connectivity index (χ1v) is 9.14. The van der Waals surface area contributed by atoms with Crippen molar-refractivity contribution in [3.63, 3.8) is 0 Å². The number of carbonyl (C=O) groups excluding carboxylic acids is 1. The summed E-state index contributed by atoms with van der Waals surface area (Å²) in [5.41, 5.74) is 3.13. The van der Waals surface area contributed by atoms with Gasteiger partial charge in [0.2, 0.25) is 5.91 Å². The Kier molecular flexibility index (Phi) is 5.33. The molecule has 0 fully saturated rings. The fourth-order valence-corrected chi connectivity index (χ4v) is 3.90. The lowest BCUT2D eigenvalue weighted by atomic mass is 9.90. The number of benzene rings is 1. The molecule has 0 bridgehead atoms. The number of hydrogen-bond acceptors (Lipinski definition) is 4. The number of nitrogens with one attached hydrogen (secondary N) is 3. The fourth-order valence-electron chi connectivity index (χ4n) is 3.03. The normalized spacial score (nSPS) is 17.0. The third-order valence-electron chi connectivity index (χ3n) is 4.26. The van der Waals surface area contributed by atoms with E-state index in [1.165, 1.54) is 10.4 Å². The first kappa shape index (κ1) is 17.4. The van der Waals surface area contributed by atoms with E-state index in [9.17, 15) is 4.79 Å². The van der Waals surface area contributed by atoms with Gasteiger partial charge in [-0.15, -0.1) is 11.3 Å². The predicted octanol–water partition coefficient (Wildman–Crippen LogP) is 2.55. The summed E-state index contributed by atoms with van der Waals surface area (Å²) in [7, 11) is 1.75. The zero-order valence-corrected chi connectivity index (χ0v) is 15.5. The van der Waals surface area contributed by atoms with Crippen LogP contribution < -0.4 is 16.0 Å². The van der Waals surface area contributed by atoms with Crippen LogP contribution in [0.4, 0.5) is 5.69 Å². The number of hydrogen-bond donors (Lipinski definition) is 3. The predicted molar refractivity (Wildman–Crippen MR) is 102 cm³/mol. The molecule has 1 unspecified atom stereocenters. The monoisotopic (exact) mass is 357 g/mol. The number of guanidine groups is 1. The van der Waals surface area contributed by atoms with Gasteiger partial charge in [-0.25, -0.2) is 4.98 Å². The van der Waals surface area contributed by atoms with E-state index in [2.05, 4.69) is 32.0 Å². The number of anilines is 1. The third kappa shape index (κ3) is 4.17. The average Bonchev–Trinajstić information content (AvgIpc) is 2.92. The van der Waals surface area contributed by atoms with E-state index < -0.39 is 0 Å². The topological polar surface area (TPSA) is 78.4 Å². The van der Waals surface area contributed by atoms with Crippen LogP contribution in [0, 0.1) is 13.8 Å². The van der Waals surface area contributed by atoms with Crippen molar-refractivity contribution < 1.29 is 4.79 Å². The number of aliphatic imine (C=N–C) groups is 1. The van der Waals surface area contributed by atoms with E-state index >= 15 is 0 Å². The van der Waals surface area contributed by atoms with E-state index in [1.54, 1.807) is 18.4 Å². The molecule has 7 heteroatoms. The Hall–Kier alpha value is -2.41. The van der Waals surface area contributed by atoms with Gasteiger partial charge in [-0.1, -0.05) is 18.2 Å². The number of thiazole rings is 1. The summed E-state index contributed by atoms with van der Waals surface area (Å²) in [6.45, 7) is 5.39. The van der Waals surface area contributed by atoms with Crippen LogP contribution in [-0.2, 0) is 11.3 Å². The Balaban J connectivity index is 1.60. The SMILES string of the molecule is CN=C(NCc1sc(C)nc1C)NCC1CC(=O)Nc2ccccc21. The molecule has 1 aromatic carbocycles. The van der Waals surface area contributed by atoms with Crippen molar-refractivity contribution in [3.8, 4) is 0 Å². The van der Waals surface area contributed by atoms with Gasteiger partial charge in [0.05, 0.1) is 17.2 Å². The van der Waals surface area contributed by atoms with Gasteiger partial charge in [0.1, 0.15) is 0 Å². The molecule has 0 radical (unpaired) electrons. The lowest BCUT2D eigenvalue weighted by Gasteiger charge is -2.26. The van der Waals surface area contributed by atoms with Gasteiger partial charge in [0, 0.05) is 36.5 Å². The largest absolute Gasteiger partial charge is 0.356 e. The zero-order chi connectivity index (χ0) is 17.8. The minimum absolute atomic E-state index is 0.0595. The highest BCUT2D eigenvalue weighted by Gasteiger charge is 2.24. The van der Waals surface area contributed by atoms with Crippen LogP contribution in [0.25, 0.3) is 0 Å². The van der Waals surface area contributed by atoms with Gasteiger partial charge in [-0.3, -0.25) is 9.79 Å². The molecule has 2 heterocycles. The number of para-hydroxylation sites is 1. The van der Waals surface area contributed by atoms with Crippen LogP contribution >= 0.6 is 11.3 Å². The second-order valence-corrected chi connectivity index (χ2v) is 7.37. The molecule has 132 valence electrons. The molecule has 1 atom stereocenters. The maximum atomic E-state index is 11.9. The molecule has 1 aromatic heterocycles. The molecule has 3 N–H and O–H groups in total. The molecule has 0 aliphatic carbocycles. The van der Waals surface area contributed by atoms with Gasteiger partial charge >= 0.3 is 0 Å². The lowest BCUT2D eigenvalue weighted by molar-refractivity contribution is -0.116. The number of aromatic nitrogens is 1. The average molecular weight is 357 g/mol. The highest BCUT2D eigenvalue weighted by atomic mass is 32.1. The fraction of sp³-hybridized carbons (Fsp3) is 0.389. The number of aryl methyl sites for hydroxylation is 2. The Morgan fingerprint density at radius 2 is 2.16 bits per heavy atom. The third-order valence-corrected chi connectivity index (χ3v) is 5.33. The van der Waals surface area contributed by atoms with Crippen molar-refractivity contribution in [3.05, 3.63) is 45.4 Å². The maximum absolute atomic E-state index is 11.9. The van der Waals surface area contributed by atoms with Crippen LogP contribution in [0.3, 0.4) is 0 Å².